The van der Waals surface area contributed by atoms with E-state index >= 15 is 0 Å². The minimum Gasteiger partial charge on any atom is -0.375 e. The first-order chi connectivity index (χ1) is 4.40. The van der Waals surface area contributed by atoms with Gasteiger partial charge in [-0.3, -0.25) is 0 Å². The highest BCUT2D eigenvalue weighted by Gasteiger charge is 2.39. The van der Waals surface area contributed by atoms with Crippen molar-refractivity contribution in [2.75, 3.05) is 6.54 Å². The summed E-state index contributed by atoms with van der Waals surface area (Å²) in [6, 6.07) is 0. The summed E-state index contributed by atoms with van der Waals surface area (Å²) in [6.07, 6.45) is 4.86. The van der Waals surface area contributed by atoms with Crippen molar-refractivity contribution in [2.45, 2.75) is 31.5 Å². The monoisotopic (exact) mass is 127 g/mol. The molecule has 0 aliphatic carbocycles. The molecule has 0 aromatic rings. The van der Waals surface area contributed by atoms with Gasteiger partial charge in [0.2, 0.25) is 0 Å². The van der Waals surface area contributed by atoms with E-state index in [0.717, 1.165) is 6.54 Å². The van der Waals surface area contributed by atoms with Gasteiger partial charge in [0, 0.05) is 0 Å². The van der Waals surface area contributed by atoms with Crippen LogP contribution in [0.2, 0.25) is 0 Å². The average Bonchev–Trinajstić information content (AvgIpc) is 2.45. The second kappa shape index (κ2) is 1.96. The Balaban J connectivity index is 2.01. The van der Waals surface area contributed by atoms with E-state index in [-0.39, 0.29) is 0 Å². The molecule has 0 aromatic heterocycles. The minimum absolute atomic E-state index is 0.528. The second-order valence-electron chi connectivity index (χ2n) is 3.11. The number of fused-ring (bicyclic) bond motifs is 2. The number of ether oxygens (including phenoxy) is 1. The molecular formula is C7H13NO. The fourth-order valence-electron chi connectivity index (χ4n) is 1.99. The molecule has 0 spiro atoms. The van der Waals surface area contributed by atoms with Crippen LogP contribution in [0, 0.1) is 5.92 Å². The van der Waals surface area contributed by atoms with E-state index in [4.69, 9.17) is 10.5 Å². The summed E-state index contributed by atoms with van der Waals surface area (Å²) in [5.41, 5.74) is 5.54. The molecular weight excluding hydrogens is 114 g/mol. The molecule has 2 N–H and O–H groups in total. The molecule has 52 valence electrons. The highest BCUT2D eigenvalue weighted by atomic mass is 16.5. The van der Waals surface area contributed by atoms with Crippen molar-refractivity contribution >= 4 is 0 Å². The normalized spacial score (nSPS) is 48.3. The van der Waals surface area contributed by atoms with E-state index in [2.05, 4.69) is 0 Å². The molecule has 0 radical (unpaired) electrons. The molecule has 2 fully saturated rings. The fraction of sp³-hybridized carbons (Fsp3) is 1.00. The van der Waals surface area contributed by atoms with Gasteiger partial charge in [-0.05, 0) is 31.7 Å². The molecule has 2 unspecified atom stereocenters. The molecule has 2 saturated heterocycles. The van der Waals surface area contributed by atoms with E-state index < -0.39 is 0 Å². The van der Waals surface area contributed by atoms with Crippen LogP contribution in [0.3, 0.4) is 0 Å². The quantitative estimate of drug-likeness (QED) is 0.557. The molecule has 0 aromatic carbocycles. The number of rotatable bonds is 1. The Morgan fingerprint density at radius 3 is 2.67 bits per heavy atom. The molecule has 2 heteroatoms. The van der Waals surface area contributed by atoms with Crippen LogP contribution in [-0.2, 0) is 4.74 Å². The third-order valence-electron chi connectivity index (χ3n) is 2.53. The zero-order valence-corrected chi connectivity index (χ0v) is 5.55. The van der Waals surface area contributed by atoms with E-state index in [1.54, 1.807) is 0 Å². The summed E-state index contributed by atoms with van der Waals surface area (Å²) in [7, 11) is 0. The molecule has 3 atom stereocenters. The zero-order chi connectivity index (χ0) is 6.27. The summed E-state index contributed by atoms with van der Waals surface area (Å²) in [6.45, 7) is 0.821. The SMILES string of the molecule is NC[C@@H]1CC2CCC1O2. The van der Waals surface area contributed by atoms with Crippen LogP contribution in [-0.4, -0.2) is 18.8 Å². The fourth-order valence-corrected chi connectivity index (χ4v) is 1.99. The summed E-state index contributed by atoms with van der Waals surface area (Å²) in [5, 5.41) is 0. The van der Waals surface area contributed by atoms with Crippen LogP contribution in [0.1, 0.15) is 19.3 Å². The lowest BCUT2D eigenvalue weighted by Gasteiger charge is -2.14. The first-order valence-corrected chi connectivity index (χ1v) is 3.75. The Bertz CT molecular complexity index is 115. The molecule has 9 heavy (non-hydrogen) atoms. The van der Waals surface area contributed by atoms with Crippen LogP contribution in [0.4, 0.5) is 0 Å². The van der Waals surface area contributed by atoms with E-state index in [1.807, 2.05) is 0 Å². The standard InChI is InChI=1S/C7H13NO/c8-4-5-3-6-1-2-7(5)9-6/h5-7H,1-4,8H2/t5-,6?,7?/m0/s1. The van der Waals surface area contributed by atoms with E-state index in [0.29, 0.717) is 18.1 Å². The average molecular weight is 127 g/mol. The summed E-state index contributed by atoms with van der Waals surface area (Å²) >= 11 is 0. The number of nitrogens with two attached hydrogens (primary N) is 1. The first-order valence-electron chi connectivity index (χ1n) is 3.75. The van der Waals surface area contributed by atoms with Crippen molar-refractivity contribution < 1.29 is 4.74 Å². The molecule has 2 nitrogen and oxygen atoms in total. The van der Waals surface area contributed by atoms with Crippen molar-refractivity contribution in [3.8, 4) is 0 Å². The van der Waals surface area contributed by atoms with Crippen LogP contribution >= 0.6 is 0 Å². The van der Waals surface area contributed by atoms with Gasteiger partial charge in [0.1, 0.15) is 0 Å². The molecule has 0 saturated carbocycles. The first kappa shape index (κ1) is 5.69. The van der Waals surface area contributed by atoms with Crippen molar-refractivity contribution in [3.05, 3.63) is 0 Å². The summed E-state index contributed by atoms with van der Waals surface area (Å²) in [5.74, 6) is 0.684. The van der Waals surface area contributed by atoms with Gasteiger partial charge in [0.25, 0.3) is 0 Å². The van der Waals surface area contributed by atoms with Gasteiger partial charge in [0.05, 0.1) is 12.2 Å². The van der Waals surface area contributed by atoms with Crippen molar-refractivity contribution in [1.29, 1.82) is 0 Å². The lowest BCUT2D eigenvalue weighted by atomic mass is 9.89. The Morgan fingerprint density at radius 2 is 2.33 bits per heavy atom. The van der Waals surface area contributed by atoms with Crippen molar-refractivity contribution in [2.24, 2.45) is 11.7 Å². The van der Waals surface area contributed by atoms with E-state index in [1.165, 1.54) is 19.3 Å². The predicted molar refractivity (Wildman–Crippen MR) is 35.1 cm³/mol. The second-order valence-corrected chi connectivity index (χ2v) is 3.11. The van der Waals surface area contributed by atoms with Gasteiger partial charge < -0.3 is 10.5 Å². The topological polar surface area (TPSA) is 35.2 Å². The highest BCUT2D eigenvalue weighted by molar-refractivity contribution is 4.89. The zero-order valence-electron chi connectivity index (χ0n) is 5.55. The maximum Gasteiger partial charge on any atom is 0.0621 e. The Morgan fingerprint density at radius 1 is 1.44 bits per heavy atom. The van der Waals surface area contributed by atoms with E-state index in [9.17, 15) is 0 Å². The molecule has 2 heterocycles. The van der Waals surface area contributed by atoms with Gasteiger partial charge in [-0.1, -0.05) is 0 Å². The highest BCUT2D eigenvalue weighted by Crippen LogP contribution is 2.37. The number of hydrogen-bond donors (Lipinski definition) is 1. The lowest BCUT2D eigenvalue weighted by Crippen LogP contribution is -2.24. The third kappa shape index (κ3) is 0.775. The van der Waals surface area contributed by atoms with Gasteiger partial charge in [-0.15, -0.1) is 0 Å². The third-order valence-corrected chi connectivity index (χ3v) is 2.53. The van der Waals surface area contributed by atoms with Crippen LogP contribution in [0.25, 0.3) is 0 Å². The summed E-state index contributed by atoms with van der Waals surface area (Å²) < 4.78 is 5.60. The number of hydrogen-bond acceptors (Lipinski definition) is 2. The Hall–Kier alpha value is -0.0800. The van der Waals surface area contributed by atoms with Crippen LogP contribution < -0.4 is 5.73 Å². The van der Waals surface area contributed by atoms with Gasteiger partial charge in [-0.25, -0.2) is 0 Å². The Kier molecular flexibility index (Phi) is 1.24. The summed E-state index contributed by atoms with van der Waals surface area (Å²) in [4.78, 5) is 0. The largest absolute Gasteiger partial charge is 0.375 e. The molecule has 2 aliphatic heterocycles. The smallest absolute Gasteiger partial charge is 0.0621 e. The lowest BCUT2D eigenvalue weighted by molar-refractivity contribution is 0.0936. The molecule has 2 aliphatic rings. The molecule has 2 bridgehead atoms. The van der Waals surface area contributed by atoms with Crippen LogP contribution in [0.15, 0.2) is 0 Å². The van der Waals surface area contributed by atoms with Gasteiger partial charge >= 0.3 is 0 Å². The Labute approximate surface area is 55.4 Å². The minimum atomic E-state index is 0.528. The van der Waals surface area contributed by atoms with Gasteiger partial charge in [0.15, 0.2) is 0 Å². The van der Waals surface area contributed by atoms with Crippen LogP contribution in [0.5, 0.6) is 0 Å². The molecule has 0 amide bonds. The molecule has 2 rings (SSSR count). The maximum absolute atomic E-state index is 5.60. The maximum atomic E-state index is 5.60. The van der Waals surface area contributed by atoms with Crippen molar-refractivity contribution in [3.63, 3.8) is 0 Å². The van der Waals surface area contributed by atoms with Crippen molar-refractivity contribution in [1.82, 2.24) is 0 Å². The predicted octanol–water partition coefficient (Wildman–Crippen LogP) is 0.513. The van der Waals surface area contributed by atoms with Gasteiger partial charge in [-0.2, -0.15) is 0 Å².